The third-order valence-electron chi connectivity index (χ3n) is 6.09. The molecule has 0 saturated carbocycles. The minimum atomic E-state index is -0.647. The molecule has 0 N–H and O–H groups in total. The van der Waals surface area contributed by atoms with Gasteiger partial charge in [0.05, 0.1) is 16.3 Å². The normalized spacial score (nSPS) is 11.2. The summed E-state index contributed by atoms with van der Waals surface area (Å²) in [5, 5.41) is 6.67. The number of esters is 1. The van der Waals surface area contributed by atoms with E-state index in [1.807, 2.05) is 54.0 Å². The van der Waals surface area contributed by atoms with Gasteiger partial charge in [-0.3, -0.25) is 4.79 Å². The van der Waals surface area contributed by atoms with Gasteiger partial charge in [0.2, 0.25) is 5.78 Å². The molecule has 0 aliphatic carbocycles. The number of aromatic nitrogens is 3. The second-order valence-corrected chi connectivity index (χ2v) is 9.57. The van der Waals surface area contributed by atoms with Crippen molar-refractivity contribution in [3.05, 3.63) is 119 Å². The van der Waals surface area contributed by atoms with Crippen LogP contribution >= 0.6 is 11.3 Å². The molecular weight excluding hydrogens is 501 g/mol. The van der Waals surface area contributed by atoms with E-state index in [1.165, 1.54) is 12.1 Å². The molecule has 0 aliphatic rings. The van der Waals surface area contributed by atoms with Crippen LogP contribution in [0.4, 0.5) is 4.39 Å². The van der Waals surface area contributed by atoms with Crippen LogP contribution in [0.5, 0.6) is 0 Å². The second-order valence-electron chi connectivity index (χ2n) is 8.63. The van der Waals surface area contributed by atoms with Crippen LogP contribution in [-0.4, -0.2) is 32.7 Å². The molecule has 6 nitrogen and oxygen atoms in total. The summed E-state index contributed by atoms with van der Waals surface area (Å²) < 4.78 is 23.0. The fraction of sp³-hybridized carbons (Fsp3) is 0.100. The standard InChI is InChI=1S/C30H24FN3O3S/c1-20-17-24(21(2)34(20)26-12-7-6-11-25(26)31)27(35)19-37-29(36)15-14-22-18-33(23-9-4-3-5-10-23)32-30(22)28-13-8-16-38-28/h3-18H,19H2,1-2H3/b15-14+. The van der Waals surface area contributed by atoms with Gasteiger partial charge in [0.25, 0.3) is 0 Å². The smallest absolute Gasteiger partial charge is 0.331 e. The Morgan fingerprint density at radius 3 is 2.53 bits per heavy atom. The van der Waals surface area contributed by atoms with E-state index in [0.717, 1.165) is 21.8 Å². The summed E-state index contributed by atoms with van der Waals surface area (Å²) in [4.78, 5) is 26.4. The maximum atomic E-state index is 14.4. The number of para-hydroxylation sites is 2. The number of ketones is 1. The quantitative estimate of drug-likeness (QED) is 0.130. The summed E-state index contributed by atoms with van der Waals surface area (Å²) in [5.41, 5.74) is 4.41. The minimum Gasteiger partial charge on any atom is -0.454 e. The van der Waals surface area contributed by atoms with Crippen LogP contribution in [0.15, 0.2) is 90.4 Å². The summed E-state index contributed by atoms with van der Waals surface area (Å²) in [6, 6.07) is 21.6. The number of hydrogen-bond acceptors (Lipinski definition) is 5. The first-order valence-electron chi connectivity index (χ1n) is 11.9. The Morgan fingerprint density at radius 1 is 1.03 bits per heavy atom. The summed E-state index contributed by atoms with van der Waals surface area (Å²) >= 11 is 1.55. The van der Waals surface area contributed by atoms with Crippen LogP contribution < -0.4 is 0 Å². The van der Waals surface area contributed by atoms with E-state index in [2.05, 4.69) is 0 Å². The maximum absolute atomic E-state index is 14.4. The van der Waals surface area contributed by atoms with Crippen molar-refractivity contribution in [2.75, 3.05) is 6.61 Å². The third kappa shape index (κ3) is 5.12. The average Bonchev–Trinajstić information content (AvgIpc) is 3.66. The molecule has 2 aromatic carbocycles. The highest BCUT2D eigenvalue weighted by atomic mass is 32.1. The zero-order valence-electron chi connectivity index (χ0n) is 20.8. The van der Waals surface area contributed by atoms with E-state index in [1.54, 1.807) is 64.8 Å². The number of ether oxygens (including phenoxy) is 1. The lowest BCUT2D eigenvalue weighted by Crippen LogP contribution is -2.13. The topological polar surface area (TPSA) is 66.1 Å². The fourth-order valence-electron chi connectivity index (χ4n) is 4.30. The summed E-state index contributed by atoms with van der Waals surface area (Å²) in [6.45, 7) is 3.11. The number of halogens is 1. The number of rotatable bonds is 8. The monoisotopic (exact) mass is 525 g/mol. The van der Waals surface area contributed by atoms with E-state index < -0.39 is 12.6 Å². The summed E-state index contributed by atoms with van der Waals surface area (Å²) in [6.07, 6.45) is 4.77. The van der Waals surface area contributed by atoms with Gasteiger partial charge in [-0.05, 0) is 61.7 Å². The van der Waals surface area contributed by atoms with E-state index in [9.17, 15) is 14.0 Å². The lowest BCUT2D eigenvalue weighted by Gasteiger charge is -2.10. The Balaban J connectivity index is 1.31. The third-order valence-corrected chi connectivity index (χ3v) is 6.96. The molecule has 0 fully saturated rings. The van der Waals surface area contributed by atoms with E-state index >= 15 is 0 Å². The predicted molar refractivity (Wildman–Crippen MR) is 146 cm³/mol. The number of nitrogens with zero attached hydrogens (tertiary/aromatic N) is 3. The highest BCUT2D eigenvalue weighted by Gasteiger charge is 2.19. The molecule has 0 spiro atoms. The Kier molecular flexibility index (Phi) is 7.15. The van der Waals surface area contributed by atoms with E-state index in [0.29, 0.717) is 22.6 Å². The molecule has 190 valence electrons. The van der Waals surface area contributed by atoms with Crippen molar-refractivity contribution >= 4 is 29.2 Å². The average molecular weight is 526 g/mol. The van der Waals surface area contributed by atoms with Crippen LogP contribution in [0.2, 0.25) is 0 Å². The van der Waals surface area contributed by atoms with Crippen molar-refractivity contribution < 1.29 is 18.7 Å². The Labute approximate surface area is 223 Å². The molecule has 0 bridgehead atoms. The van der Waals surface area contributed by atoms with Crippen LogP contribution in [0.25, 0.3) is 28.0 Å². The van der Waals surface area contributed by atoms with Crippen molar-refractivity contribution in [3.8, 4) is 21.9 Å². The van der Waals surface area contributed by atoms with Gasteiger partial charge in [-0.1, -0.05) is 36.4 Å². The van der Waals surface area contributed by atoms with Crippen LogP contribution in [0, 0.1) is 19.7 Å². The van der Waals surface area contributed by atoms with Gasteiger partial charge in [0.15, 0.2) is 6.61 Å². The van der Waals surface area contributed by atoms with Crippen molar-refractivity contribution in [1.82, 2.24) is 14.3 Å². The van der Waals surface area contributed by atoms with Gasteiger partial charge in [-0.2, -0.15) is 5.10 Å². The zero-order chi connectivity index (χ0) is 26.6. The molecule has 3 heterocycles. The lowest BCUT2D eigenvalue weighted by molar-refractivity contribution is -0.136. The molecule has 0 aliphatic heterocycles. The number of carbonyl (C=O) groups excluding carboxylic acids is 2. The molecule has 3 aromatic heterocycles. The van der Waals surface area contributed by atoms with Crippen LogP contribution in [-0.2, 0) is 9.53 Å². The molecule has 0 atom stereocenters. The summed E-state index contributed by atoms with van der Waals surface area (Å²) in [7, 11) is 0. The fourth-order valence-corrected chi connectivity index (χ4v) is 5.03. The van der Waals surface area contributed by atoms with E-state index in [-0.39, 0.29) is 11.6 Å². The molecule has 5 aromatic rings. The van der Waals surface area contributed by atoms with Gasteiger partial charge < -0.3 is 9.30 Å². The molecule has 8 heteroatoms. The van der Waals surface area contributed by atoms with Crippen LogP contribution in [0.1, 0.15) is 27.3 Å². The van der Waals surface area contributed by atoms with Crippen LogP contribution in [0.3, 0.4) is 0 Å². The number of carbonyl (C=O) groups is 2. The second kappa shape index (κ2) is 10.8. The molecule has 0 saturated heterocycles. The Morgan fingerprint density at radius 2 is 1.79 bits per heavy atom. The minimum absolute atomic E-state index is 0.360. The van der Waals surface area contributed by atoms with Crippen molar-refractivity contribution in [2.45, 2.75) is 13.8 Å². The number of Topliss-reactive ketones (excluding diaryl/α,β-unsaturated/α-hetero) is 1. The Hall–Kier alpha value is -4.56. The first-order chi connectivity index (χ1) is 18.4. The first kappa shape index (κ1) is 25.1. The van der Waals surface area contributed by atoms with Crippen molar-refractivity contribution in [2.24, 2.45) is 0 Å². The van der Waals surface area contributed by atoms with Crippen molar-refractivity contribution in [1.29, 1.82) is 0 Å². The highest BCUT2D eigenvalue weighted by molar-refractivity contribution is 7.13. The predicted octanol–water partition coefficient (Wildman–Crippen LogP) is 6.59. The van der Waals surface area contributed by atoms with E-state index in [4.69, 9.17) is 9.84 Å². The number of aryl methyl sites for hydroxylation is 1. The van der Waals surface area contributed by atoms with Gasteiger partial charge in [0.1, 0.15) is 11.5 Å². The van der Waals surface area contributed by atoms with Crippen molar-refractivity contribution in [3.63, 3.8) is 0 Å². The number of benzene rings is 2. The summed E-state index contributed by atoms with van der Waals surface area (Å²) in [5.74, 6) is -1.40. The number of thiophene rings is 1. The highest BCUT2D eigenvalue weighted by Crippen LogP contribution is 2.29. The first-order valence-corrected chi connectivity index (χ1v) is 12.8. The van der Waals surface area contributed by atoms with Gasteiger partial charge in [-0.15, -0.1) is 11.3 Å². The zero-order valence-corrected chi connectivity index (χ0v) is 21.6. The van der Waals surface area contributed by atoms with Gasteiger partial charge in [0, 0.05) is 34.8 Å². The number of hydrogen-bond donors (Lipinski definition) is 0. The molecule has 0 radical (unpaired) electrons. The Bertz CT molecular complexity index is 1630. The largest absolute Gasteiger partial charge is 0.454 e. The van der Waals surface area contributed by atoms with Gasteiger partial charge in [-0.25, -0.2) is 13.9 Å². The molecule has 0 amide bonds. The molecule has 38 heavy (non-hydrogen) atoms. The lowest BCUT2D eigenvalue weighted by atomic mass is 10.1. The van der Waals surface area contributed by atoms with Gasteiger partial charge >= 0.3 is 5.97 Å². The maximum Gasteiger partial charge on any atom is 0.331 e. The molecular formula is C30H24FN3O3S. The molecule has 5 rings (SSSR count). The molecule has 0 unspecified atom stereocenters. The SMILES string of the molecule is Cc1cc(C(=O)COC(=O)/C=C/c2cn(-c3ccccc3)nc2-c2cccs2)c(C)n1-c1ccccc1F.